The van der Waals surface area contributed by atoms with Crippen molar-refractivity contribution < 1.29 is 14.6 Å². The molecule has 17 heavy (non-hydrogen) atoms. The highest BCUT2D eigenvalue weighted by molar-refractivity contribution is 6.32. The molecule has 4 heteroatoms. The molecule has 0 fully saturated rings. The minimum atomic E-state index is -1.14. The fourth-order valence-corrected chi connectivity index (χ4v) is 1.46. The number of hydrogen-bond donors (Lipinski definition) is 1. The number of nitrogens with two attached hydrogens (primary N) is 1. The summed E-state index contributed by atoms with van der Waals surface area (Å²) in [5.74, 6) is -0.871. The van der Waals surface area contributed by atoms with Gasteiger partial charge >= 0.3 is 0 Å². The van der Waals surface area contributed by atoms with Gasteiger partial charge in [0.2, 0.25) is 0 Å². The van der Waals surface area contributed by atoms with E-state index >= 15 is 0 Å². The van der Waals surface area contributed by atoms with Crippen LogP contribution < -0.4 is 10.5 Å². The summed E-state index contributed by atoms with van der Waals surface area (Å²) < 4.78 is 49.0. The van der Waals surface area contributed by atoms with Gasteiger partial charge in [0.25, 0.3) is 0 Å². The molecule has 2 aromatic rings. The summed E-state index contributed by atoms with van der Waals surface area (Å²) in [6.07, 6.45) is 0. The number of halogens is 2. The molecule has 88 valence electrons. The Hall–Kier alpha value is -1.74. The predicted octanol–water partition coefficient (Wildman–Crippen LogP) is 3.64. The molecule has 0 aromatic heterocycles. The topological polar surface area (TPSA) is 35.2 Å². The van der Waals surface area contributed by atoms with E-state index in [0.29, 0.717) is 5.69 Å². The Bertz CT molecular complexity index is 682. The third-order valence-electron chi connectivity index (χ3n) is 1.97. The Kier molecular flexibility index (Phi) is 2.25. The minimum absolute atomic E-state index is 0.110. The van der Waals surface area contributed by atoms with Gasteiger partial charge in [0.1, 0.15) is 18.2 Å². The van der Waals surface area contributed by atoms with Gasteiger partial charge in [-0.1, -0.05) is 23.7 Å². The summed E-state index contributed by atoms with van der Waals surface area (Å²) in [6.45, 7) is -0.301. The molecule has 0 bridgehead atoms. The zero-order chi connectivity index (χ0) is 15.7. The highest BCUT2D eigenvalue weighted by atomic mass is 35.5. The number of rotatable bonds is 3. The van der Waals surface area contributed by atoms with Gasteiger partial charge in [-0.15, -0.1) is 0 Å². The van der Waals surface area contributed by atoms with Crippen molar-refractivity contribution in [2.75, 3.05) is 5.73 Å². The maximum absolute atomic E-state index is 13.6. The van der Waals surface area contributed by atoms with Gasteiger partial charge in [-0.3, -0.25) is 0 Å². The molecule has 2 aromatic carbocycles. The van der Waals surface area contributed by atoms with Crippen LogP contribution in [-0.2, 0) is 6.61 Å². The van der Waals surface area contributed by atoms with Crippen LogP contribution in [0.25, 0.3) is 0 Å². The Morgan fingerprint density at radius 2 is 2.24 bits per heavy atom. The first-order valence-electron chi connectivity index (χ1n) is 6.75. The lowest BCUT2D eigenvalue weighted by Crippen LogP contribution is -1.97. The molecule has 2 rings (SSSR count). The normalized spacial score (nSPS) is 13.5. The lowest BCUT2D eigenvalue weighted by Gasteiger charge is -2.08. The van der Waals surface area contributed by atoms with Crippen LogP contribution in [0.1, 0.15) is 11.0 Å². The van der Waals surface area contributed by atoms with Crippen molar-refractivity contribution in [3.8, 4) is 5.75 Å². The van der Waals surface area contributed by atoms with Gasteiger partial charge in [0.05, 0.1) is 10.5 Å². The molecule has 2 N–H and O–H groups in total. The molecule has 0 atom stereocenters. The second-order valence-corrected chi connectivity index (χ2v) is 3.68. The molecule has 0 aliphatic heterocycles. The molecular formula is C13H11ClFNO. The van der Waals surface area contributed by atoms with Crippen molar-refractivity contribution >= 4 is 17.3 Å². The fraction of sp³-hybridized carbons (Fsp3) is 0.0769. The summed E-state index contributed by atoms with van der Waals surface area (Å²) in [5, 5.41) is 0.247. The SMILES string of the molecule is [2H]c1c([2H])c(F)c([2H])c(COc2ccc(N)cc2Cl)c1[2H]. The van der Waals surface area contributed by atoms with Crippen LogP contribution in [0.2, 0.25) is 5.02 Å². The first kappa shape index (κ1) is 7.56. The number of ether oxygens (including phenoxy) is 1. The largest absolute Gasteiger partial charge is 0.487 e. The van der Waals surface area contributed by atoms with Crippen molar-refractivity contribution in [3.05, 3.63) is 58.8 Å². The van der Waals surface area contributed by atoms with Gasteiger partial charge in [-0.2, -0.15) is 0 Å². The average Bonchev–Trinajstić information content (AvgIpc) is 2.45. The third-order valence-corrected chi connectivity index (χ3v) is 2.27. The molecule has 0 heterocycles. The van der Waals surface area contributed by atoms with Crippen LogP contribution in [0.15, 0.2) is 42.4 Å². The first-order valence-corrected chi connectivity index (χ1v) is 5.13. The monoisotopic (exact) mass is 255 g/mol. The number of nitrogen functional groups attached to an aromatic ring is 1. The zero-order valence-electron chi connectivity index (χ0n) is 12.7. The van der Waals surface area contributed by atoms with Crippen LogP contribution in [0.5, 0.6) is 5.75 Å². The van der Waals surface area contributed by atoms with E-state index in [0.717, 1.165) is 0 Å². The van der Waals surface area contributed by atoms with Gasteiger partial charge in [-0.05, 0) is 35.8 Å². The molecule has 0 aliphatic rings. The minimum Gasteiger partial charge on any atom is -0.487 e. The quantitative estimate of drug-likeness (QED) is 0.850. The van der Waals surface area contributed by atoms with Crippen LogP contribution in [0, 0.1) is 5.82 Å². The Labute approximate surface area is 109 Å². The molecule has 0 spiro atoms. The number of hydrogen-bond acceptors (Lipinski definition) is 2. The van der Waals surface area contributed by atoms with Gasteiger partial charge in [-0.25, -0.2) is 4.39 Å². The molecule has 0 amide bonds. The third kappa shape index (κ3) is 3.11. The second-order valence-electron chi connectivity index (χ2n) is 3.27. The molecule has 0 aliphatic carbocycles. The van der Waals surface area contributed by atoms with E-state index in [1.54, 1.807) is 6.07 Å². The fourth-order valence-electron chi connectivity index (χ4n) is 1.21. The van der Waals surface area contributed by atoms with Crippen molar-refractivity contribution in [3.63, 3.8) is 0 Å². The van der Waals surface area contributed by atoms with E-state index in [1.807, 2.05) is 0 Å². The van der Waals surface area contributed by atoms with E-state index in [2.05, 4.69) is 0 Å². The zero-order valence-corrected chi connectivity index (χ0v) is 9.44. The van der Waals surface area contributed by atoms with Crippen LogP contribution in [0.3, 0.4) is 0 Å². The predicted molar refractivity (Wildman–Crippen MR) is 66.6 cm³/mol. The van der Waals surface area contributed by atoms with Gasteiger partial charge in [0.15, 0.2) is 0 Å². The maximum atomic E-state index is 13.6. The number of benzene rings is 2. The van der Waals surface area contributed by atoms with Gasteiger partial charge < -0.3 is 10.5 Å². The van der Waals surface area contributed by atoms with Crippen molar-refractivity contribution in [2.24, 2.45) is 0 Å². The van der Waals surface area contributed by atoms with E-state index in [4.69, 9.17) is 27.6 Å². The molecular weight excluding hydrogens is 241 g/mol. The Balaban J connectivity index is 2.32. The van der Waals surface area contributed by atoms with Crippen LogP contribution >= 0.6 is 11.6 Å². The summed E-state index contributed by atoms with van der Waals surface area (Å²) in [4.78, 5) is 0. The smallest absolute Gasteiger partial charge is 0.138 e. The Morgan fingerprint density at radius 3 is 3.00 bits per heavy atom. The van der Waals surface area contributed by atoms with Gasteiger partial charge in [0, 0.05) is 5.69 Å². The molecule has 0 saturated carbocycles. The first-order chi connectivity index (χ1) is 9.82. The highest BCUT2D eigenvalue weighted by Gasteiger charge is 2.02. The van der Waals surface area contributed by atoms with E-state index in [1.165, 1.54) is 12.1 Å². The van der Waals surface area contributed by atoms with E-state index < -0.39 is 30.0 Å². The molecule has 0 saturated heterocycles. The van der Waals surface area contributed by atoms with E-state index in [-0.39, 0.29) is 22.9 Å². The summed E-state index contributed by atoms with van der Waals surface area (Å²) >= 11 is 5.92. The highest BCUT2D eigenvalue weighted by Crippen LogP contribution is 2.27. The molecule has 0 unspecified atom stereocenters. The standard InChI is InChI=1S/C13H11ClFNO/c14-12-7-11(16)4-5-13(12)17-8-9-2-1-3-10(15)6-9/h1-7H,8,16H2/i1D,2D,3D,6D. The van der Waals surface area contributed by atoms with Crippen molar-refractivity contribution in [1.82, 2.24) is 0 Å². The molecule has 0 radical (unpaired) electrons. The average molecular weight is 256 g/mol. The van der Waals surface area contributed by atoms with Crippen molar-refractivity contribution in [1.29, 1.82) is 0 Å². The van der Waals surface area contributed by atoms with E-state index in [9.17, 15) is 4.39 Å². The number of anilines is 1. The maximum Gasteiger partial charge on any atom is 0.138 e. The Morgan fingerprint density at radius 1 is 1.41 bits per heavy atom. The lowest BCUT2D eigenvalue weighted by molar-refractivity contribution is 0.306. The van der Waals surface area contributed by atoms with Crippen LogP contribution in [0.4, 0.5) is 10.1 Å². The van der Waals surface area contributed by atoms with Crippen molar-refractivity contribution in [2.45, 2.75) is 6.61 Å². The lowest BCUT2D eigenvalue weighted by atomic mass is 10.2. The summed E-state index contributed by atoms with van der Waals surface area (Å²) in [6, 6.07) is 2.19. The second kappa shape index (κ2) is 5.06. The summed E-state index contributed by atoms with van der Waals surface area (Å²) in [5.41, 5.74) is 5.89. The summed E-state index contributed by atoms with van der Waals surface area (Å²) in [7, 11) is 0. The van der Waals surface area contributed by atoms with Crippen LogP contribution in [-0.4, -0.2) is 0 Å². The molecule has 2 nitrogen and oxygen atoms in total.